The van der Waals surface area contributed by atoms with E-state index in [1.807, 2.05) is 6.20 Å². The Morgan fingerprint density at radius 2 is 2.24 bits per heavy atom. The monoisotopic (exact) mass is 228 g/mol. The van der Waals surface area contributed by atoms with Crippen LogP contribution in [0.1, 0.15) is 31.7 Å². The number of hydrogen-bond acceptors (Lipinski definition) is 1. The number of rotatable bonds is 4. The van der Waals surface area contributed by atoms with Gasteiger partial charge >= 0.3 is 0 Å². The topological polar surface area (TPSA) is 27.8 Å². The molecule has 1 atom stereocenters. The van der Waals surface area contributed by atoms with Gasteiger partial charge in [-0.2, -0.15) is 0 Å². The van der Waals surface area contributed by atoms with Gasteiger partial charge in [-0.15, -0.1) is 0 Å². The van der Waals surface area contributed by atoms with E-state index < -0.39 is 0 Å². The van der Waals surface area contributed by atoms with Crippen LogP contribution in [0.3, 0.4) is 0 Å². The molecule has 1 aliphatic carbocycles. The predicted molar refractivity (Wildman–Crippen MR) is 71.9 cm³/mol. The van der Waals surface area contributed by atoms with Crippen LogP contribution in [-0.4, -0.2) is 11.0 Å². The number of fused-ring (bicyclic) bond motifs is 1. The number of nitrogens with one attached hydrogen (secondary N) is 2. The third-order valence-corrected chi connectivity index (χ3v) is 4.14. The van der Waals surface area contributed by atoms with Gasteiger partial charge in [-0.3, -0.25) is 0 Å². The lowest BCUT2D eigenvalue weighted by atomic mass is 9.80. The van der Waals surface area contributed by atoms with E-state index in [2.05, 4.69) is 41.5 Å². The molecule has 1 aromatic heterocycles. The van der Waals surface area contributed by atoms with Crippen LogP contribution in [0.4, 0.5) is 0 Å². The number of aromatic nitrogens is 1. The largest absolute Gasteiger partial charge is 0.361 e. The summed E-state index contributed by atoms with van der Waals surface area (Å²) in [6, 6.07) is 9.29. The Hall–Kier alpha value is -1.28. The molecule has 1 aliphatic rings. The SMILES string of the molecule is CC(NCc1cccc2cc[nH]c12)C1CCC1. The molecule has 0 saturated heterocycles. The van der Waals surface area contributed by atoms with Gasteiger partial charge in [0, 0.05) is 24.3 Å². The second-order valence-corrected chi connectivity index (χ2v) is 5.22. The summed E-state index contributed by atoms with van der Waals surface area (Å²) in [5.41, 5.74) is 2.65. The third kappa shape index (κ3) is 2.09. The highest BCUT2D eigenvalue weighted by Crippen LogP contribution is 2.29. The van der Waals surface area contributed by atoms with Crippen molar-refractivity contribution in [2.24, 2.45) is 5.92 Å². The zero-order valence-corrected chi connectivity index (χ0v) is 10.4. The first-order chi connectivity index (χ1) is 8.34. The standard InChI is InChI=1S/C15H20N2/c1-11(12-4-2-5-12)17-10-14-7-3-6-13-8-9-16-15(13)14/h3,6-9,11-12,16-17H,2,4-5,10H2,1H3. The zero-order valence-electron chi connectivity index (χ0n) is 10.4. The van der Waals surface area contributed by atoms with Crippen LogP contribution in [0, 0.1) is 5.92 Å². The number of para-hydroxylation sites is 1. The molecular weight excluding hydrogens is 208 g/mol. The summed E-state index contributed by atoms with van der Waals surface area (Å²) in [4.78, 5) is 3.33. The van der Waals surface area contributed by atoms with E-state index in [0.717, 1.165) is 12.5 Å². The first-order valence-corrected chi connectivity index (χ1v) is 6.63. The Balaban J connectivity index is 1.69. The fourth-order valence-electron chi connectivity index (χ4n) is 2.67. The Morgan fingerprint density at radius 1 is 1.35 bits per heavy atom. The van der Waals surface area contributed by atoms with E-state index in [0.29, 0.717) is 6.04 Å². The van der Waals surface area contributed by atoms with Crippen LogP contribution < -0.4 is 5.32 Å². The Kier molecular flexibility index (Phi) is 2.89. The van der Waals surface area contributed by atoms with Gasteiger partial charge in [0.1, 0.15) is 0 Å². The van der Waals surface area contributed by atoms with Crippen LogP contribution in [-0.2, 0) is 6.54 Å². The van der Waals surface area contributed by atoms with Gasteiger partial charge in [-0.1, -0.05) is 24.6 Å². The summed E-state index contributed by atoms with van der Waals surface area (Å²) in [6.45, 7) is 3.29. The molecule has 90 valence electrons. The maximum atomic E-state index is 3.66. The van der Waals surface area contributed by atoms with Crippen molar-refractivity contribution in [2.75, 3.05) is 0 Å². The molecule has 3 rings (SSSR count). The molecule has 0 bridgehead atoms. The molecule has 0 radical (unpaired) electrons. The van der Waals surface area contributed by atoms with Gasteiger partial charge in [-0.05, 0) is 42.7 Å². The highest BCUT2D eigenvalue weighted by Gasteiger charge is 2.23. The van der Waals surface area contributed by atoms with Gasteiger partial charge in [-0.25, -0.2) is 0 Å². The Bertz CT molecular complexity index is 496. The van der Waals surface area contributed by atoms with Gasteiger partial charge in [0.25, 0.3) is 0 Å². The maximum Gasteiger partial charge on any atom is 0.0499 e. The highest BCUT2D eigenvalue weighted by molar-refractivity contribution is 5.82. The average Bonchev–Trinajstić information content (AvgIpc) is 2.72. The lowest BCUT2D eigenvalue weighted by Gasteiger charge is -2.32. The lowest BCUT2D eigenvalue weighted by Crippen LogP contribution is -2.36. The van der Waals surface area contributed by atoms with Crippen LogP contribution in [0.25, 0.3) is 10.9 Å². The first kappa shape index (κ1) is 10.8. The molecule has 1 unspecified atom stereocenters. The summed E-state index contributed by atoms with van der Waals surface area (Å²) in [7, 11) is 0. The van der Waals surface area contributed by atoms with E-state index in [9.17, 15) is 0 Å². The fourth-order valence-corrected chi connectivity index (χ4v) is 2.67. The summed E-state index contributed by atoms with van der Waals surface area (Å²) in [6.07, 6.45) is 6.24. The van der Waals surface area contributed by atoms with Crippen molar-refractivity contribution in [3.63, 3.8) is 0 Å². The molecule has 1 heterocycles. The average molecular weight is 228 g/mol. The quantitative estimate of drug-likeness (QED) is 0.824. The molecule has 2 heteroatoms. The summed E-state index contributed by atoms with van der Waals surface area (Å²) in [5.74, 6) is 0.901. The molecule has 0 amide bonds. The third-order valence-electron chi connectivity index (χ3n) is 4.14. The molecular formula is C15H20N2. The maximum absolute atomic E-state index is 3.66. The number of H-pyrrole nitrogens is 1. The van der Waals surface area contributed by atoms with Crippen LogP contribution >= 0.6 is 0 Å². The first-order valence-electron chi connectivity index (χ1n) is 6.63. The van der Waals surface area contributed by atoms with Crippen molar-refractivity contribution in [3.05, 3.63) is 36.0 Å². The van der Waals surface area contributed by atoms with Gasteiger partial charge in [0.15, 0.2) is 0 Å². The lowest BCUT2D eigenvalue weighted by molar-refractivity contribution is 0.240. The smallest absolute Gasteiger partial charge is 0.0499 e. The molecule has 1 aromatic carbocycles. The molecule has 2 N–H and O–H groups in total. The van der Waals surface area contributed by atoms with Crippen molar-refractivity contribution in [1.29, 1.82) is 0 Å². The van der Waals surface area contributed by atoms with Gasteiger partial charge < -0.3 is 10.3 Å². The molecule has 2 aromatic rings. The number of hydrogen-bond donors (Lipinski definition) is 2. The molecule has 0 aliphatic heterocycles. The van der Waals surface area contributed by atoms with Crippen molar-refractivity contribution in [1.82, 2.24) is 10.3 Å². The van der Waals surface area contributed by atoms with Gasteiger partial charge in [0.05, 0.1) is 0 Å². The molecule has 17 heavy (non-hydrogen) atoms. The minimum absolute atomic E-state index is 0.647. The Morgan fingerprint density at radius 3 is 3.00 bits per heavy atom. The fraction of sp³-hybridized carbons (Fsp3) is 0.467. The highest BCUT2D eigenvalue weighted by atomic mass is 14.9. The molecule has 1 saturated carbocycles. The van der Waals surface area contributed by atoms with Crippen molar-refractivity contribution < 1.29 is 0 Å². The minimum atomic E-state index is 0.647. The van der Waals surface area contributed by atoms with E-state index in [1.54, 1.807) is 0 Å². The summed E-state index contributed by atoms with van der Waals surface area (Å²) < 4.78 is 0. The molecule has 0 spiro atoms. The van der Waals surface area contributed by atoms with Crippen LogP contribution in [0.15, 0.2) is 30.5 Å². The van der Waals surface area contributed by atoms with Crippen molar-refractivity contribution >= 4 is 10.9 Å². The summed E-state index contributed by atoms with van der Waals surface area (Å²) >= 11 is 0. The Labute approximate surface area is 102 Å². The van der Waals surface area contributed by atoms with E-state index in [1.165, 1.54) is 35.7 Å². The van der Waals surface area contributed by atoms with Gasteiger partial charge in [0.2, 0.25) is 0 Å². The van der Waals surface area contributed by atoms with Crippen LogP contribution in [0.2, 0.25) is 0 Å². The van der Waals surface area contributed by atoms with E-state index in [-0.39, 0.29) is 0 Å². The molecule has 2 nitrogen and oxygen atoms in total. The van der Waals surface area contributed by atoms with Crippen molar-refractivity contribution in [2.45, 2.75) is 38.8 Å². The second kappa shape index (κ2) is 4.53. The molecule has 1 fully saturated rings. The van der Waals surface area contributed by atoms with Crippen molar-refractivity contribution in [3.8, 4) is 0 Å². The van der Waals surface area contributed by atoms with Crippen LogP contribution in [0.5, 0.6) is 0 Å². The van der Waals surface area contributed by atoms with E-state index in [4.69, 9.17) is 0 Å². The summed E-state index contributed by atoms with van der Waals surface area (Å²) in [5, 5.41) is 4.97. The second-order valence-electron chi connectivity index (χ2n) is 5.22. The predicted octanol–water partition coefficient (Wildman–Crippen LogP) is 3.45. The minimum Gasteiger partial charge on any atom is -0.361 e. The zero-order chi connectivity index (χ0) is 11.7. The number of benzene rings is 1. The normalized spacial score (nSPS) is 18.2. The number of aromatic amines is 1. The van der Waals surface area contributed by atoms with E-state index >= 15 is 0 Å².